The molecule has 0 aliphatic rings. The number of imidazole rings is 1. The molecule has 0 aliphatic carbocycles. The van der Waals surface area contributed by atoms with Crippen LogP contribution in [0.4, 0.5) is 0 Å². The molecular weight excluding hydrogens is 277 g/mol. The summed E-state index contributed by atoms with van der Waals surface area (Å²) in [6.45, 7) is 0. The quantitative estimate of drug-likeness (QED) is 0.614. The summed E-state index contributed by atoms with van der Waals surface area (Å²) in [5.74, 6) is 0. The molecule has 2 rings (SSSR count). The van der Waals surface area contributed by atoms with Gasteiger partial charge in [-0.3, -0.25) is 0 Å². The average molecular weight is 288 g/mol. The first-order chi connectivity index (χ1) is 8.24. The summed E-state index contributed by atoms with van der Waals surface area (Å²) in [4.78, 5) is 0. The number of aryl methyl sites for hydroxylation is 1. The van der Waals surface area contributed by atoms with Gasteiger partial charge in [-0.2, -0.15) is 0 Å². The molecule has 17 heavy (non-hydrogen) atoms. The first-order valence-electron chi connectivity index (χ1n) is 5.13. The predicted octanol–water partition coefficient (Wildman–Crippen LogP) is 1.94. The van der Waals surface area contributed by atoms with Crippen molar-refractivity contribution in [2.45, 2.75) is 0 Å². The maximum atomic E-state index is 8.90. The third-order valence-electron chi connectivity index (χ3n) is 2.48. The molecule has 0 saturated heterocycles. The predicted molar refractivity (Wildman–Crippen MR) is 67.8 cm³/mol. The Balaban J connectivity index is 2.61. The van der Waals surface area contributed by atoms with E-state index in [1.807, 2.05) is 58.9 Å². The molecule has 0 atom stereocenters. The Morgan fingerprint density at radius 3 is 2.53 bits per heavy atom. The second-order valence-electron chi connectivity index (χ2n) is 3.59. The molecule has 1 aromatic carbocycles. The van der Waals surface area contributed by atoms with Crippen LogP contribution in [-0.2, 0) is 7.05 Å². The van der Waals surface area contributed by atoms with Gasteiger partial charge in [0, 0.05) is 0 Å². The van der Waals surface area contributed by atoms with Gasteiger partial charge < -0.3 is 0 Å². The molecule has 0 bridgehead atoms. The van der Waals surface area contributed by atoms with Crippen LogP contribution < -0.4 is 0 Å². The van der Waals surface area contributed by atoms with E-state index in [-0.39, 0.29) is 0 Å². The summed E-state index contributed by atoms with van der Waals surface area (Å²) in [7, 11) is 1.96. The van der Waals surface area contributed by atoms with Crippen molar-refractivity contribution < 1.29 is 0 Å². The number of nitrogens with zero attached hydrogens (tertiary/aromatic N) is 3. The molecule has 0 unspecified atom stereocenters. The van der Waals surface area contributed by atoms with Gasteiger partial charge in [-0.1, -0.05) is 0 Å². The average Bonchev–Trinajstić information content (AvgIpc) is 2.69. The van der Waals surface area contributed by atoms with Crippen LogP contribution in [-0.4, -0.2) is 24.7 Å². The van der Waals surface area contributed by atoms with Gasteiger partial charge in [-0.15, -0.1) is 0 Å². The number of aromatic nitrogens is 2. The van der Waals surface area contributed by atoms with Gasteiger partial charge in [0.15, 0.2) is 0 Å². The maximum absolute atomic E-state index is 8.90. The summed E-state index contributed by atoms with van der Waals surface area (Å²) < 4.78 is 4.88. The number of allylic oxidation sites excluding steroid dienone is 1. The summed E-state index contributed by atoms with van der Waals surface area (Å²) >= 11 is 3.00. The van der Waals surface area contributed by atoms with Crippen LogP contribution in [0.1, 0.15) is 5.56 Å². The van der Waals surface area contributed by atoms with Crippen LogP contribution >= 0.6 is 0 Å². The van der Waals surface area contributed by atoms with Gasteiger partial charge in [0.2, 0.25) is 0 Å². The molecule has 1 aromatic heterocycles. The van der Waals surface area contributed by atoms with E-state index in [2.05, 4.69) is 21.6 Å². The second kappa shape index (κ2) is 5.01. The molecule has 84 valence electrons. The van der Waals surface area contributed by atoms with Crippen molar-refractivity contribution in [2.24, 2.45) is 7.05 Å². The molecule has 0 saturated carbocycles. The Bertz CT molecular complexity index is 641. The molecule has 0 radical (unpaired) electrons. The number of hydrogen-bond donors (Lipinski definition) is 0. The van der Waals surface area contributed by atoms with E-state index in [0.29, 0.717) is 0 Å². The van der Waals surface area contributed by atoms with Gasteiger partial charge in [0.1, 0.15) is 0 Å². The molecule has 0 spiro atoms. The van der Waals surface area contributed by atoms with E-state index in [4.69, 9.17) is 5.26 Å². The fourth-order valence-corrected chi connectivity index (χ4v) is 2.07. The van der Waals surface area contributed by atoms with Crippen molar-refractivity contribution in [3.63, 3.8) is 0 Å². The zero-order valence-electron chi connectivity index (χ0n) is 9.37. The normalized spacial score (nSPS) is 11.2. The summed E-state index contributed by atoms with van der Waals surface area (Å²) in [6, 6.07) is 12.0. The first kappa shape index (κ1) is 11.7. The minimum atomic E-state index is 0.863. The fraction of sp³-hybridized carbons (Fsp3) is 0.0769. The van der Waals surface area contributed by atoms with Gasteiger partial charge in [0.25, 0.3) is 0 Å². The van der Waals surface area contributed by atoms with Crippen molar-refractivity contribution in [2.75, 3.05) is 0 Å². The molecule has 4 heteroatoms. The summed E-state index contributed by atoms with van der Waals surface area (Å²) in [5, 5.41) is 8.90. The van der Waals surface area contributed by atoms with Crippen molar-refractivity contribution in [1.29, 1.82) is 5.26 Å². The summed E-state index contributed by atoms with van der Waals surface area (Å²) in [6.07, 6.45) is 5.43. The Morgan fingerprint density at radius 2 is 2.00 bits per heavy atom. The SMILES string of the molecule is Cn1ccn(/C(=C\C#N)c2ccccc2)c1=[Se]. The van der Waals surface area contributed by atoms with Crippen LogP contribution in [0.2, 0.25) is 0 Å². The Labute approximate surface area is 108 Å². The third kappa shape index (κ3) is 2.31. The molecule has 0 amide bonds. The monoisotopic (exact) mass is 289 g/mol. The summed E-state index contributed by atoms with van der Waals surface area (Å²) in [5.41, 5.74) is 1.88. The molecular formula is C13H11N3Se. The van der Waals surface area contributed by atoms with Gasteiger partial charge in [0.05, 0.1) is 0 Å². The minimum absolute atomic E-state index is 0.863. The Morgan fingerprint density at radius 1 is 1.29 bits per heavy atom. The van der Waals surface area contributed by atoms with E-state index >= 15 is 0 Å². The first-order valence-corrected chi connectivity index (χ1v) is 5.99. The van der Waals surface area contributed by atoms with E-state index < -0.39 is 0 Å². The van der Waals surface area contributed by atoms with E-state index in [0.717, 1.165) is 15.6 Å². The number of rotatable bonds is 2. The van der Waals surface area contributed by atoms with Crippen LogP contribution in [0, 0.1) is 15.7 Å². The van der Waals surface area contributed by atoms with Gasteiger partial charge in [-0.05, 0) is 0 Å². The molecule has 3 nitrogen and oxygen atoms in total. The topological polar surface area (TPSA) is 33.6 Å². The van der Waals surface area contributed by atoms with Crippen LogP contribution in [0.15, 0.2) is 48.8 Å². The van der Waals surface area contributed by atoms with Crippen molar-refractivity contribution in [3.8, 4) is 6.07 Å². The zero-order chi connectivity index (χ0) is 12.3. The fourth-order valence-electron chi connectivity index (χ4n) is 1.61. The molecule has 0 aliphatic heterocycles. The van der Waals surface area contributed by atoms with Gasteiger partial charge in [-0.25, -0.2) is 0 Å². The van der Waals surface area contributed by atoms with Crippen molar-refractivity contribution in [1.82, 2.24) is 9.13 Å². The van der Waals surface area contributed by atoms with Crippen LogP contribution in [0.5, 0.6) is 0 Å². The second-order valence-corrected chi connectivity index (χ2v) is 4.35. The van der Waals surface area contributed by atoms with E-state index in [9.17, 15) is 0 Å². The third-order valence-corrected chi connectivity index (χ3v) is 3.49. The molecule has 2 aromatic rings. The zero-order valence-corrected chi connectivity index (χ0v) is 11.1. The van der Waals surface area contributed by atoms with E-state index in [1.54, 1.807) is 6.08 Å². The van der Waals surface area contributed by atoms with Gasteiger partial charge >= 0.3 is 107 Å². The Kier molecular flexibility index (Phi) is 3.43. The molecule has 1 heterocycles. The van der Waals surface area contributed by atoms with E-state index in [1.165, 1.54) is 0 Å². The van der Waals surface area contributed by atoms with Crippen LogP contribution in [0.3, 0.4) is 0 Å². The number of benzene rings is 1. The Hall–Kier alpha value is -1.82. The molecule has 0 N–H and O–H groups in total. The number of hydrogen-bond acceptors (Lipinski definition) is 1. The molecule has 0 fully saturated rings. The number of nitriles is 1. The van der Waals surface area contributed by atoms with Crippen molar-refractivity contribution in [3.05, 3.63) is 58.7 Å². The standard InChI is InChI=1S/C13H11N3Se/c1-15-9-10-16(13(15)17)12(7-8-14)11-5-3-2-4-6-11/h2-7,9-10H,1H3/b12-7-. The van der Waals surface area contributed by atoms with Crippen LogP contribution in [0.25, 0.3) is 5.70 Å². The van der Waals surface area contributed by atoms with Crippen molar-refractivity contribution >= 4 is 21.3 Å².